The van der Waals surface area contributed by atoms with Gasteiger partial charge in [-0.15, -0.1) is 4.99 Å². The Bertz CT molecular complexity index is 876. The second-order valence-corrected chi connectivity index (χ2v) is 6.47. The molecule has 1 amide bonds. The van der Waals surface area contributed by atoms with Crippen molar-refractivity contribution in [1.82, 2.24) is 4.98 Å². The van der Waals surface area contributed by atoms with E-state index < -0.39 is 17.9 Å². The van der Waals surface area contributed by atoms with Crippen molar-refractivity contribution in [1.29, 1.82) is 0 Å². The van der Waals surface area contributed by atoms with Gasteiger partial charge in [-0.1, -0.05) is 12.1 Å². The summed E-state index contributed by atoms with van der Waals surface area (Å²) in [6.45, 7) is 4.61. The summed E-state index contributed by atoms with van der Waals surface area (Å²) in [4.78, 5) is 23.1. The standard InChI is InChI=1S/C19H23FN6O2/c1-13-11-15(5-6-23-13)25-7-9-26(10-8-25)16-4-2-3-14(17(16)20)12-28-19(27)24-18(21)22/h2-6,11H,7-10,12H2,1H3,(H4,21,22,24,27). The number of nitrogens with zero attached hydrogens (tertiary/aromatic N) is 4. The van der Waals surface area contributed by atoms with Gasteiger partial charge in [0, 0.05) is 49.3 Å². The first-order valence-corrected chi connectivity index (χ1v) is 8.90. The molecule has 1 aliphatic heterocycles. The highest BCUT2D eigenvalue weighted by molar-refractivity contribution is 5.87. The van der Waals surface area contributed by atoms with Crippen molar-refractivity contribution in [3.63, 3.8) is 0 Å². The Labute approximate surface area is 162 Å². The van der Waals surface area contributed by atoms with Crippen LogP contribution >= 0.6 is 0 Å². The smallest absolute Gasteiger partial charge is 0.437 e. The molecule has 4 N–H and O–H groups in total. The van der Waals surface area contributed by atoms with Crippen LogP contribution in [0.15, 0.2) is 41.5 Å². The van der Waals surface area contributed by atoms with Crippen LogP contribution in [-0.4, -0.2) is 43.2 Å². The third kappa shape index (κ3) is 4.67. The highest BCUT2D eigenvalue weighted by Gasteiger charge is 2.21. The van der Waals surface area contributed by atoms with Gasteiger partial charge < -0.3 is 26.0 Å². The van der Waals surface area contributed by atoms with E-state index in [4.69, 9.17) is 16.2 Å². The van der Waals surface area contributed by atoms with Gasteiger partial charge in [0.05, 0.1) is 5.69 Å². The number of aryl methyl sites for hydroxylation is 1. The topological polar surface area (TPSA) is 110 Å². The highest BCUT2D eigenvalue weighted by atomic mass is 19.1. The number of nitrogens with two attached hydrogens (primary N) is 2. The summed E-state index contributed by atoms with van der Waals surface area (Å²) in [7, 11) is 0. The van der Waals surface area contributed by atoms with Gasteiger partial charge in [0.25, 0.3) is 0 Å². The molecule has 1 saturated heterocycles. The molecule has 0 atom stereocenters. The monoisotopic (exact) mass is 386 g/mol. The number of hydrogen-bond donors (Lipinski definition) is 2. The number of aliphatic imine (C=N–C) groups is 1. The Kier molecular flexibility index (Phi) is 5.93. The number of amides is 1. The van der Waals surface area contributed by atoms with E-state index in [9.17, 15) is 9.18 Å². The molecule has 28 heavy (non-hydrogen) atoms. The third-order valence-electron chi connectivity index (χ3n) is 4.50. The molecule has 0 bridgehead atoms. The zero-order valence-electron chi connectivity index (χ0n) is 15.6. The second-order valence-electron chi connectivity index (χ2n) is 6.47. The first-order valence-electron chi connectivity index (χ1n) is 8.90. The van der Waals surface area contributed by atoms with Crippen LogP contribution in [0.4, 0.5) is 20.6 Å². The average molecular weight is 386 g/mol. The number of hydrogen-bond acceptors (Lipinski definition) is 5. The lowest BCUT2D eigenvalue weighted by Crippen LogP contribution is -2.47. The summed E-state index contributed by atoms with van der Waals surface area (Å²) in [5.41, 5.74) is 13.1. The summed E-state index contributed by atoms with van der Waals surface area (Å²) in [6.07, 6.45) is 0.843. The normalized spacial score (nSPS) is 13.9. The van der Waals surface area contributed by atoms with Crippen molar-refractivity contribution in [3.05, 3.63) is 53.6 Å². The molecule has 1 aromatic carbocycles. The number of anilines is 2. The molecule has 0 saturated carbocycles. The van der Waals surface area contributed by atoms with E-state index in [-0.39, 0.29) is 12.2 Å². The van der Waals surface area contributed by atoms with Crippen LogP contribution in [0, 0.1) is 12.7 Å². The van der Waals surface area contributed by atoms with E-state index in [1.807, 2.05) is 24.0 Å². The first-order chi connectivity index (χ1) is 13.4. The Hall–Kier alpha value is -3.36. The minimum atomic E-state index is -0.953. The van der Waals surface area contributed by atoms with Crippen LogP contribution in [0.5, 0.6) is 0 Å². The molecule has 1 aromatic heterocycles. The molecule has 2 aromatic rings. The summed E-state index contributed by atoms with van der Waals surface area (Å²) in [5, 5.41) is 0. The molecule has 0 radical (unpaired) electrons. The van der Waals surface area contributed by atoms with Crippen LogP contribution in [0.2, 0.25) is 0 Å². The quantitative estimate of drug-likeness (QED) is 0.609. The summed E-state index contributed by atoms with van der Waals surface area (Å²) < 4.78 is 19.8. The second kappa shape index (κ2) is 8.55. The molecule has 9 heteroatoms. The predicted octanol–water partition coefficient (Wildman–Crippen LogP) is 1.77. The van der Waals surface area contributed by atoms with E-state index in [2.05, 4.69) is 14.9 Å². The van der Waals surface area contributed by atoms with Gasteiger partial charge in [-0.2, -0.15) is 0 Å². The molecular weight excluding hydrogens is 363 g/mol. The number of ether oxygens (including phenoxy) is 1. The van der Waals surface area contributed by atoms with Crippen LogP contribution < -0.4 is 21.3 Å². The van der Waals surface area contributed by atoms with Crippen LogP contribution in [-0.2, 0) is 11.3 Å². The lowest BCUT2D eigenvalue weighted by molar-refractivity contribution is 0.149. The van der Waals surface area contributed by atoms with Crippen LogP contribution in [0.3, 0.4) is 0 Å². The molecule has 8 nitrogen and oxygen atoms in total. The Balaban J connectivity index is 1.65. The van der Waals surface area contributed by atoms with Gasteiger partial charge >= 0.3 is 6.09 Å². The fourth-order valence-corrected chi connectivity index (χ4v) is 3.13. The van der Waals surface area contributed by atoms with E-state index in [0.29, 0.717) is 18.8 Å². The number of halogens is 1. The fourth-order valence-electron chi connectivity index (χ4n) is 3.13. The minimum absolute atomic E-state index is 0.245. The number of carbonyl (C=O) groups is 1. The molecule has 1 fully saturated rings. The van der Waals surface area contributed by atoms with Gasteiger partial charge in [-0.3, -0.25) is 4.98 Å². The number of guanidine groups is 1. The molecular formula is C19H23FN6O2. The minimum Gasteiger partial charge on any atom is -0.443 e. The zero-order chi connectivity index (χ0) is 20.1. The third-order valence-corrected chi connectivity index (χ3v) is 4.50. The van der Waals surface area contributed by atoms with Crippen LogP contribution in [0.1, 0.15) is 11.3 Å². The van der Waals surface area contributed by atoms with Crippen molar-refractivity contribution in [2.24, 2.45) is 16.5 Å². The van der Waals surface area contributed by atoms with Crippen molar-refractivity contribution in [2.75, 3.05) is 36.0 Å². The largest absolute Gasteiger partial charge is 0.443 e. The van der Waals surface area contributed by atoms with Crippen molar-refractivity contribution in [3.8, 4) is 0 Å². The molecule has 0 unspecified atom stereocenters. The predicted molar refractivity (Wildman–Crippen MR) is 106 cm³/mol. The van der Waals surface area contributed by atoms with Crippen LogP contribution in [0.25, 0.3) is 0 Å². The van der Waals surface area contributed by atoms with E-state index in [0.717, 1.165) is 24.5 Å². The number of benzene rings is 1. The number of rotatable bonds is 4. The molecule has 3 rings (SSSR count). The molecule has 1 aliphatic rings. The average Bonchev–Trinajstić information content (AvgIpc) is 2.67. The fraction of sp³-hybridized carbons (Fsp3) is 0.316. The van der Waals surface area contributed by atoms with E-state index in [1.54, 1.807) is 24.4 Å². The van der Waals surface area contributed by atoms with Crippen molar-refractivity contribution in [2.45, 2.75) is 13.5 Å². The first kappa shape index (κ1) is 19.4. The molecule has 0 aliphatic carbocycles. The van der Waals surface area contributed by atoms with Gasteiger partial charge in [0.15, 0.2) is 11.8 Å². The molecule has 2 heterocycles. The van der Waals surface area contributed by atoms with E-state index >= 15 is 0 Å². The molecule has 0 spiro atoms. The lowest BCUT2D eigenvalue weighted by atomic mass is 10.1. The zero-order valence-corrected chi connectivity index (χ0v) is 15.6. The summed E-state index contributed by atoms with van der Waals surface area (Å²) in [5.74, 6) is -0.810. The molecule has 148 valence electrons. The Morgan fingerprint density at radius 3 is 2.61 bits per heavy atom. The van der Waals surface area contributed by atoms with Crippen molar-refractivity contribution >= 4 is 23.4 Å². The van der Waals surface area contributed by atoms with Gasteiger partial charge in [0.1, 0.15) is 6.61 Å². The number of piperazine rings is 1. The summed E-state index contributed by atoms with van der Waals surface area (Å²) >= 11 is 0. The van der Waals surface area contributed by atoms with E-state index in [1.165, 1.54) is 0 Å². The highest BCUT2D eigenvalue weighted by Crippen LogP contribution is 2.25. The van der Waals surface area contributed by atoms with Gasteiger partial charge in [0.2, 0.25) is 0 Å². The van der Waals surface area contributed by atoms with Gasteiger partial charge in [-0.25, -0.2) is 9.18 Å². The maximum Gasteiger partial charge on any atom is 0.437 e. The lowest BCUT2D eigenvalue weighted by Gasteiger charge is -2.37. The Morgan fingerprint density at radius 2 is 1.93 bits per heavy atom. The van der Waals surface area contributed by atoms with Gasteiger partial charge in [-0.05, 0) is 25.1 Å². The maximum absolute atomic E-state index is 14.9. The van der Waals surface area contributed by atoms with Crippen molar-refractivity contribution < 1.29 is 13.9 Å². The Morgan fingerprint density at radius 1 is 1.21 bits per heavy atom. The number of pyridine rings is 1. The number of aromatic nitrogens is 1. The SMILES string of the molecule is Cc1cc(N2CCN(c3cccc(COC(=O)N=C(N)N)c3F)CC2)ccn1. The maximum atomic E-state index is 14.9. The summed E-state index contributed by atoms with van der Waals surface area (Å²) in [6, 6.07) is 9.05. The number of carbonyl (C=O) groups excluding carboxylic acids is 1.